The smallest absolute Gasteiger partial charge is 0.248 e. The van der Waals surface area contributed by atoms with E-state index in [1.165, 1.54) is 25.7 Å². The van der Waals surface area contributed by atoms with E-state index in [2.05, 4.69) is 17.2 Å². The van der Waals surface area contributed by atoms with Gasteiger partial charge in [0.15, 0.2) is 0 Å². The number of aliphatic hydroxyl groups excluding tert-OH is 1. The van der Waals surface area contributed by atoms with E-state index < -0.39 is 12.1 Å². The monoisotopic (exact) mass is 389 g/mol. The Morgan fingerprint density at radius 1 is 1.07 bits per heavy atom. The number of pyridine rings is 1. The Kier molecular flexibility index (Phi) is 9.97. The van der Waals surface area contributed by atoms with Gasteiger partial charge in [-0.3, -0.25) is 14.6 Å². The highest BCUT2D eigenvalue weighted by Gasteiger charge is 2.33. The molecule has 0 spiro atoms. The van der Waals surface area contributed by atoms with Crippen molar-refractivity contribution in [1.82, 2.24) is 15.2 Å². The van der Waals surface area contributed by atoms with Crippen LogP contribution in [0.1, 0.15) is 82.8 Å². The van der Waals surface area contributed by atoms with Gasteiger partial charge < -0.3 is 15.3 Å². The summed E-state index contributed by atoms with van der Waals surface area (Å²) >= 11 is 0. The van der Waals surface area contributed by atoms with Gasteiger partial charge in [-0.25, -0.2) is 0 Å². The molecule has 0 aromatic carbocycles. The van der Waals surface area contributed by atoms with Crippen LogP contribution in [-0.2, 0) is 9.59 Å². The van der Waals surface area contributed by atoms with Gasteiger partial charge in [0, 0.05) is 31.9 Å². The Morgan fingerprint density at radius 2 is 1.68 bits per heavy atom. The third kappa shape index (κ3) is 7.23. The summed E-state index contributed by atoms with van der Waals surface area (Å²) in [5, 5.41) is 13.6. The predicted octanol–water partition coefficient (Wildman–Crippen LogP) is 3.36. The molecule has 1 aromatic rings. The van der Waals surface area contributed by atoms with E-state index in [0.717, 1.165) is 32.1 Å². The molecule has 2 N–H and O–H groups in total. The summed E-state index contributed by atoms with van der Waals surface area (Å²) in [5.74, 6) is -0.367. The molecule has 1 fully saturated rings. The zero-order chi connectivity index (χ0) is 20.2. The first-order valence-corrected chi connectivity index (χ1v) is 10.8. The number of aliphatic hydroxyl groups is 1. The molecule has 0 bridgehead atoms. The molecule has 2 rings (SSSR count). The van der Waals surface area contributed by atoms with Gasteiger partial charge in [-0.15, -0.1) is 0 Å². The van der Waals surface area contributed by atoms with Crippen LogP contribution in [-0.4, -0.2) is 45.9 Å². The maximum Gasteiger partial charge on any atom is 0.248 e. The minimum Gasteiger partial charge on any atom is -0.386 e. The van der Waals surface area contributed by atoms with Crippen molar-refractivity contribution in [3.05, 3.63) is 30.1 Å². The minimum atomic E-state index is -1.07. The minimum absolute atomic E-state index is 0.167. The van der Waals surface area contributed by atoms with E-state index in [1.807, 2.05) is 0 Å². The fraction of sp³-hybridized carbons (Fsp3) is 0.682. The summed E-state index contributed by atoms with van der Waals surface area (Å²) in [6.07, 6.45) is 12.4. The van der Waals surface area contributed by atoms with Crippen molar-refractivity contribution in [2.45, 2.75) is 83.3 Å². The van der Waals surface area contributed by atoms with Crippen LogP contribution in [0.2, 0.25) is 0 Å². The second kappa shape index (κ2) is 12.5. The first-order valence-electron chi connectivity index (χ1n) is 10.8. The first kappa shape index (κ1) is 22.3. The van der Waals surface area contributed by atoms with E-state index in [9.17, 15) is 14.7 Å². The molecule has 1 saturated heterocycles. The normalized spacial score (nSPS) is 16.0. The number of nitrogens with one attached hydrogen (secondary N) is 1. The summed E-state index contributed by atoms with van der Waals surface area (Å²) in [6, 6.07) is 2.41. The van der Waals surface area contributed by atoms with Crippen LogP contribution >= 0.6 is 0 Å². The van der Waals surface area contributed by atoms with Crippen LogP contribution in [0.5, 0.6) is 0 Å². The lowest BCUT2D eigenvalue weighted by Crippen LogP contribution is -2.51. The summed E-state index contributed by atoms with van der Waals surface area (Å²) in [7, 11) is 0. The molecule has 156 valence electrons. The topological polar surface area (TPSA) is 82.5 Å². The molecule has 1 aliphatic heterocycles. The summed E-state index contributed by atoms with van der Waals surface area (Å²) in [4.78, 5) is 31.0. The molecule has 28 heavy (non-hydrogen) atoms. The Bertz CT molecular complexity index is 588. The standard InChI is InChI=1S/C22H35N3O3/c1-2-3-4-5-6-7-8-11-19(26)24-20(22(28)25-16-9-10-17-25)21(27)18-12-14-23-15-13-18/h12-15,20-21,27H,2-11,16-17H2,1H3,(H,24,26). The Labute approximate surface area is 168 Å². The molecule has 1 aliphatic rings. The second-order valence-electron chi connectivity index (χ2n) is 7.67. The third-order valence-corrected chi connectivity index (χ3v) is 5.37. The Balaban J connectivity index is 1.88. The molecule has 2 unspecified atom stereocenters. The molecule has 2 atom stereocenters. The van der Waals surface area contributed by atoms with E-state index in [-0.39, 0.29) is 11.8 Å². The molecule has 1 aromatic heterocycles. The van der Waals surface area contributed by atoms with Crippen molar-refractivity contribution in [3.8, 4) is 0 Å². The van der Waals surface area contributed by atoms with Crippen molar-refractivity contribution in [2.75, 3.05) is 13.1 Å². The van der Waals surface area contributed by atoms with Gasteiger partial charge in [-0.2, -0.15) is 0 Å². The highest BCUT2D eigenvalue weighted by Crippen LogP contribution is 2.20. The average Bonchev–Trinajstić information content (AvgIpc) is 3.26. The van der Waals surface area contributed by atoms with E-state index in [0.29, 0.717) is 25.1 Å². The lowest BCUT2D eigenvalue weighted by molar-refractivity contribution is -0.139. The molecular weight excluding hydrogens is 354 g/mol. The molecule has 6 nitrogen and oxygen atoms in total. The number of carbonyl (C=O) groups is 2. The molecule has 2 heterocycles. The molecule has 2 amide bonds. The molecular formula is C22H35N3O3. The molecule has 6 heteroatoms. The van der Waals surface area contributed by atoms with E-state index in [1.54, 1.807) is 29.4 Å². The number of aromatic nitrogens is 1. The molecule has 0 saturated carbocycles. The number of likely N-dealkylation sites (tertiary alicyclic amines) is 1. The lowest BCUT2D eigenvalue weighted by atomic mass is 10.0. The molecule has 0 aliphatic carbocycles. The lowest BCUT2D eigenvalue weighted by Gasteiger charge is -2.28. The van der Waals surface area contributed by atoms with Crippen LogP contribution in [0, 0.1) is 0 Å². The van der Waals surface area contributed by atoms with Crippen LogP contribution < -0.4 is 5.32 Å². The number of hydrogen-bond acceptors (Lipinski definition) is 4. The summed E-state index contributed by atoms with van der Waals surface area (Å²) < 4.78 is 0. The maximum absolute atomic E-state index is 12.9. The van der Waals surface area contributed by atoms with Crippen LogP contribution in [0.4, 0.5) is 0 Å². The summed E-state index contributed by atoms with van der Waals surface area (Å²) in [6.45, 7) is 3.57. The van der Waals surface area contributed by atoms with E-state index in [4.69, 9.17) is 0 Å². The fourth-order valence-electron chi connectivity index (χ4n) is 3.65. The van der Waals surface area contributed by atoms with Gasteiger partial charge in [-0.05, 0) is 37.0 Å². The number of hydrogen-bond donors (Lipinski definition) is 2. The number of nitrogens with zero attached hydrogens (tertiary/aromatic N) is 2. The highest BCUT2D eigenvalue weighted by atomic mass is 16.3. The zero-order valence-electron chi connectivity index (χ0n) is 17.1. The zero-order valence-corrected chi connectivity index (χ0v) is 17.1. The Morgan fingerprint density at radius 3 is 2.32 bits per heavy atom. The second-order valence-corrected chi connectivity index (χ2v) is 7.67. The van der Waals surface area contributed by atoms with Gasteiger partial charge in [0.05, 0.1) is 0 Å². The van der Waals surface area contributed by atoms with Crippen LogP contribution in [0.25, 0.3) is 0 Å². The van der Waals surface area contributed by atoms with Gasteiger partial charge in [-0.1, -0.05) is 45.4 Å². The maximum atomic E-state index is 12.9. The largest absolute Gasteiger partial charge is 0.386 e. The van der Waals surface area contributed by atoms with Crippen molar-refractivity contribution in [2.24, 2.45) is 0 Å². The van der Waals surface area contributed by atoms with Gasteiger partial charge in [0.2, 0.25) is 11.8 Å². The van der Waals surface area contributed by atoms with Crippen LogP contribution in [0.15, 0.2) is 24.5 Å². The SMILES string of the molecule is CCCCCCCCCC(=O)NC(C(=O)N1CCCC1)C(O)c1ccncc1. The van der Waals surface area contributed by atoms with Crippen molar-refractivity contribution in [1.29, 1.82) is 0 Å². The molecule has 0 radical (unpaired) electrons. The van der Waals surface area contributed by atoms with Gasteiger partial charge >= 0.3 is 0 Å². The number of unbranched alkanes of at least 4 members (excludes halogenated alkanes) is 6. The predicted molar refractivity (Wildman–Crippen MR) is 110 cm³/mol. The van der Waals surface area contributed by atoms with E-state index >= 15 is 0 Å². The first-order chi connectivity index (χ1) is 13.6. The average molecular weight is 390 g/mol. The summed E-state index contributed by atoms with van der Waals surface area (Å²) in [5.41, 5.74) is 0.587. The van der Waals surface area contributed by atoms with Gasteiger partial charge in [0.1, 0.15) is 12.1 Å². The number of amides is 2. The fourth-order valence-corrected chi connectivity index (χ4v) is 3.65. The third-order valence-electron chi connectivity index (χ3n) is 5.37. The quantitative estimate of drug-likeness (QED) is 0.537. The Hall–Kier alpha value is -1.95. The van der Waals surface area contributed by atoms with Crippen LogP contribution in [0.3, 0.4) is 0 Å². The number of carbonyl (C=O) groups excluding carboxylic acids is 2. The number of rotatable bonds is 12. The van der Waals surface area contributed by atoms with Crippen molar-refractivity contribution >= 4 is 11.8 Å². The van der Waals surface area contributed by atoms with Crippen molar-refractivity contribution < 1.29 is 14.7 Å². The van der Waals surface area contributed by atoms with Gasteiger partial charge in [0.25, 0.3) is 0 Å². The van der Waals surface area contributed by atoms with Crippen molar-refractivity contribution in [3.63, 3.8) is 0 Å². The highest BCUT2D eigenvalue weighted by molar-refractivity contribution is 5.88.